The summed E-state index contributed by atoms with van der Waals surface area (Å²) in [6, 6.07) is 0. The van der Waals surface area contributed by atoms with Crippen molar-refractivity contribution in [1.29, 1.82) is 0 Å². The van der Waals surface area contributed by atoms with E-state index in [1.807, 2.05) is 67.5 Å². The largest absolute Gasteiger partial charge is 0.507 e. The predicted molar refractivity (Wildman–Crippen MR) is 178 cm³/mol. The van der Waals surface area contributed by atoms with Crippen molar-refractivity contribution in [1.82, 2.24) is 0 Å². The lowest BCUT2D eigenvalue weighted by atomic mass is 9.83. The molecule has 8 unspecified atom stereocenters. The Hall–Kier alpha value is -3.68. The number of hydrogen-bond donors (Lipinski definition) is 2. The molecule has 0 spiro atoms. The van der Waals surface area contributed by atoms with Crippen LogP contribution in [0.4, 0.5) is 0 Å². The molecule has 1 fully saturated rings. The van der Waals surface area contributed by atoms with Crippen LogP contribution in [0.3, 0.4) is 0 Å². The molecule has 2 aliphatic carbocycles. The highest BCUT2D eigenvalue weighted by Gasteiger charge is 2.53. The van der Waals surface area contributed by atoms with Crippen molar-refractivity contribution in [3.63, 3.8) is 0 Å². The number of phenols is 2. The summed E-state index contributed by atoms with van der Waals surface area (Å²) in [5.74, 6) is 0.859. The Balaban J connectivity index is 1.04. The second-order valence-corrected chi connectivity index (χ2v) is 14.5. The number of phenolic OH excluding ortho intramolecular Hbond substituents is 2. The lowest BCUT2D eigenvalue weighted by Crippen LogP contribution is -2.37. The smallest absolute Gasteiger partial charge is 0.310 e. The second kappa shape index (κ2) is 12.7. The van der Waals surface area contributed by atoms with E-state index in [9.17, 15) is 19.8 Å². The first-order valence-electron chi connectivity index (χ1n) is 17.3. The Morgan fingerprint density at radius 1 is 0.660 bits per heavy atom. The minimum Gasteiger partial charge on any atom is -0.507 e. The molecule has 0 amide bonds. The Morgan fingerprint density at radius 3 is 1.43 bits per heavy atom. The highest BCUT2D eigenvalue weighted by atomic mass is 16.5. The van der Waals surface area contributed by atoms with Crippen LogP contribution in [0.25, 0.3) is 0 Å². The summed E-state index contributed by atoms with van der Waals surface area (Å²) in [6.45, 7) is 16.2. The van der Waals surface area contributed by atoms with Crippen molar-refractivity contribution in [3.05, 3.63) is 56.7 Å². The molecule has 0 saturated heterocycles. The van der Waals surface area contributed by atoms with Crippen molar-refractivity contribution in [2.24, 2.45) is 35.5 Å². The van der Waals surface area contributed by atoms with Gasteiger partial charge in [-0.1, -0.05) is 12.2 Å². The van der Waals surface area contributed by atoms with Gasteiger partial charge in [-0.15, -0.1) is 0 Å². The minimum atomic E-state index is -0.538. The molecule has 2 heterocycles. The van der Waals surface area contributed by atoms with E-state index in [1.54, 1.807) is 0 Å². The highest BCUT2D eigenvalue weighted by Crippen LogP contribution is 2.49. The first-order valence-corrected chi connectivity index (χ1v) is 17.3. The summed E-state index contributed by atoms with van der Waals surface area (Å²) in [4.78, 5) is 27.0. The quantitative estimate of drug-likeness (QED) is 0.237. The third-order valence-electron chi connectivity index (χ3n) is 12.0. The topological polar surface area (TPSA) is 112 Å². The van der Waals surface area contributed by atoms with Crippen LogP contribution < -0.4 is 9.47 Å². The number of rotatable bonds is 8. The maximum Gasteiger partial charge on any atom is 0.310 e. The predicted octanol–water partition coefficient (Wildman–Crippen LogP) is 6.83. The van der Waals surface area contributed by atoms with Crippen molar-refractivity contribution in [2.45, 2.75) is 99.7 Å². The van der Waals surface area contributed by atoms with Crippen molar-refractivity contribution in [2.75, 3.05) is 13.2 Å². The zero-order chi connectivity index (χ0) is 33.9. The van der Waals surface area contributed by atoms with Crippen LogP contribution >= 0.6 is 0 Å². The third kappa shape index (κ3) is 5.76. The summed E-state index contributed by atoms with van der Waals surface area (Å²) in [5.41, 5.74) is 7.38. The van der Waals surface area contributed by atoms with E-state index >= 15 is 0 Å². The fourth-order valence-electron chi connectivity index (χ4n) is 8.52. The number of carbonyl (C=O) groups excluding carboxylic acids is 2. The fourth-order valence-corrected chi connectivity index (χ4v) is 8.52. The lowest BCUT2D eigenvalue weighted by molar-refractivity contribution is -0.162. The normalized spacial score (nSPS) is 28.7. The van der Waals surface area contributed by atoms with Crippen LogP contribution in [0, 0.1) is 77.0 Å². The van der Waals surface area contributed by atoms with Crippen LogP contribution in [0.5, 0.6) is 23.0 Å². The molecule has 2 bridgehead atoms. The molecule has 2 aliphatic heterocycles. The molecule has 8 atom stereocenters. The van der Waals surface area contributed by atoms with Gasteiger partial charge < -0.3 is 29.2 Å². The van der Waals surface area contributed by atoms with Crippen LogP contribution in [-0.2, 0) is 31.9 Å². The first-order chi connectivity index (χ1) is 22.3. The van der Waals surface area contributed by atoms with Crippen LogP contribution in [0.1, 0.15) is 77.6 Å². The van der Waals surface area contributed by atoms with Gasteiger partial charge in [-0.05, 0) is 133 Å². The average molecular weight is 647 g/mol. The average Bonchev–Trinajstić information content (AvgIpc) is 3.68. The molecule has 8 heteroatoms. The van der Waals surface area contributed by atoms with Gasteiger partial charge in [0.15, 0.2) is 0 Å². The molecule has 0 radical (unpaired) electrons. The summed E-state index contributed by atoms with van der Waals surface area (Å²) in [7, 11) is 0. The van der Waals surface area contributed by atoms with Crippen molar-refractivity contribution < 1.29 is 38.7 Å². The van der Waals surface area contributed by atoms with Gasteiger partial charge >= 0.3 is 11.9 Å². The molecule has 2 aromatic carbocycles. The molecule has 2 N–H and O–H groups in total. The standard InChI is InChI=1S/C39H50O8/c1-18-20(3)36-30(22(5)34(18)40)16-26(24(7)46-36)11-13-44-38(42)32-28-9-10-29(15-28)33(32)39(43)45-14-12-27-17-31-23(6)35(41)19(2)21(4)37(31)47-25(27)8/h9-10,24-29,32-33,40-41H,11-17H2,1-8H3. The molecule has 8 nitrogen and oxygen atoms in total. The number of fused-ring (bicyclic) bond motifs is 4. The highest BCUT2D eigenvalue weighted by molar-refractivity contribution is 5.84. The zero-order valence-electron chi connectivity index (χ0n) is 29.1. The van der Waals surface area contributed by atoms with Gasteiger partial charge in [-0.25, -0.2) is 0 Å². The van der Waals surface area contributed by atoms with E-state index in [1.165, 1.54) is 0 Å². The van der Waals surface area contributed by atoms with E-state index < -0.39 is 11.8 Å². The van der Waals surface area contributed by atoms with E-state index in [4.69, 9.17) is 18.9 Å². The van der Waals surface area contributed by atoms with Gasteiger partial charge in [0.1, 0.15) is 23.0 Å². The number of allylic oxidation sites excluding steroid dienone is 2. The van der Waals surface area contributed by atoms with Gasteiger partial charge in [0.25, 0.3) is 0 Å². The Kier molecular flexibility index (Phi) is 9.00. The van der Waals surface area contributed by atoms with Gasteiger partial charge in [0, 0.05) is 23.0 Å². The second-order valence-electron chi connectivity index (χ2n) is 14.5. The van der Waals surface area contributed by atoms with Crippen molar-refractivity contribution in [3.8, 4) is 23.0 Å². The van der Waals surface area contributed by atoms with E-state index in [2.05, 4.69) is 0 Å². The van der Waals surface area contributed by atoms with E-state index in [-0.39, 0.29) is 61.0 Å². The Bertz CT molecular complexity index is 1500. The Labute approximate surface area is 278 Å². The summed E-state index contributed by atoms with van der Waals surface area (Å²) >= 11 is 0. The van der Waals surface area contributed by atoms with Crippen LogP contribution in [0.2, 0.25) is 0 Å². The Morgan fingerprint density at radius 2 is 1.04 bits per heavy atom. The maximum absolute atomic E-state index is 13.5. The van der Waals surface area contributed by atoms with Gasteiger partial charge in [0.2, 0.25) is 0 Å². The van der Waals surface area contributed by atoms with Crippen molar-refractivity contribution >= 4 is 11.9 Å². The molecule has 47 heavy (non-hydrogen) atoms. The summed E-state index contributed by atoms with van der Waals surface area (Å²) < 4.78 is 24.4. The van der Waals surface area contributed by atoms with E-state index in [0.29, 0.717) is 24.3 Å². The number of hydrogen-bond acceptors (Lipinski definition) is 8. The number of benzene rings is 2. The number of carbonyl (C=O) groups is 2. The molecule has 1 saturated carbocycles. The maximum atomic E-state index is 13.5. The number of esters is 2. The first kappa shape index (κ1) is 33.2. The SMILES string of the molecule is Cc1c(C)c2c(c(C)c1O)CC(CCOC(=O)C1C3C=CC(C3)C1C(=O)OCCC1Cc3c(C)c(O)c(C)c(C)c3OC1C)C(C)O2. The van der Waals surface area contributed by atoms with Gasteiger partial charge in [-0.2, -0.15) is 0 Å². The monoisotopic (exact) mass is 646 g/mol. The molecule has 4 aliphatic rings. The third-order valence-corrected chi connectivity index (χ3v) is 12.0. The van der Waals surface area contributed by atoms with Gasteiger partial charge in [-0.3, -0.25) is 9.59 Å². The number of ether oxygens (including phenoxy) is 4. The van der Waals surface area contributed by atoms with Gasteiger partial charge in [0.05, 0.1) is 37.3 Å². The minimum absolute atomic E-state index is 0.0173. The molecular weight excluding hydrogens is 596 g/mol. The lowest BCUT2D eigenvalue weighted by Gasteiger charge is -2.34. The van der Waals surface area contributed by atoms with Crippen LogP contribution in [-0.4, -0.2) is 47.6 Å². The summed E-state index contributed by atoms with van der Waals surface area (Å²) in [5, 5.41) is 21.2. The zero-order valence-corrected chi connectivity index (χ0v) is 29.1. The molecule has 2 aromatic rings. The molecular formula is C39H50O8. The van der Waals surface area contributed by atoms with Crippen LogP contribution in [0.15, 0.2) is 12.2 Å². The summed E-state index contributed by atoms with van der Waals surface area (Å²) in [6.07, 6.45) is 7.51. The molecule has 0 aromatic heterocycles. The molecule has 254 valence electrons. The number of aromatic hydroxyl groups is 2. The fraction of sp³-hybridized carbons (Fsp3) is 0.590. The van der Waals surface area contributed by atoms with E-state index in [0.717, 1.165) is 75.3 Å². The molecule has 6 rings (SSSR count).